The summed E-state index contributed by atoms with van der Waals surface area (Å²) in [7, 11) is 1.36. The molecule has 1 N–H and O–H groups in total. The molecule has 0 saturated carbocycles. The molecule has 0 aliphatic heterocycles. The second kappa shape index (κ2) is 9.56. The lowest BCUT2D eigenvalue weighted by Gasteiger charge is -2.34. The molecular weight excluding hydrogens is 431 g/mol. The smallest absolute Gasteiger partial charge is 0.331 e. The van der Waals surface area contributed by atoms with E-state index in [-0.39, 0.29) is 28.9 Å². The van der Waals surface area contributed by atoms with Crippen LogP contribution in [0, 0.1) is 5.82 Å². The Morgan fingerprint density at radius 2 is 1.94 bits per heavy atom. The molecule has 1 aliphatic carbocycles. The van der Waals surface area contributed by atoms with Crippen LogP contribution in [-0.2, 0) is 20.7 Å². The van der Waals surface area contributed by atoms with Crippen LogP contribution in [0.4, 0.5) is 4.39 Å². The van der Waals surface area contributed by atoms with E-state index in [9.17, 15) is 18.8 Å². The van der Waals surface area contributed by atoms with E-state index in [2.05, 4.69) is 10.3 Å². The van der Waals surface area contributed by atoms with Gasteiger partial charge in [0.05, 0.1) is 7.11 Å². The molecule has 9 heteroatoms. The number of hydrogen-bond acceptors (Lipinski definition) is 7. The van der Waals surface area contributed by atoms with Crippen LogP contribution in [0.3, 0.4) is 0 Å². The number of ether oxygens (including phenoxy) is 3. The van der Waals surface area contributed by atoms with Crippen molar-refractivity contribution in [2.45, 2.75) is 58.1 Å². The van der Waals surface area contributed by atoms with E-state index < -0.39 is 29.5 Å². The monoisotopic (exact) mass is 458 g/mol. The number of nitrogens with zero attached hydrogens (tertiary/aromatic N) is 1. The van der Waals surface area contributed by atoms with Crippen molar-refractivity contribution < 1.29 is 33.0 Å². The number of aryl methyl sites for hydroxylation is 1. The van der Waals surface area contributed by atoms with E-state index in [1.165, 1.54) is 52.3 Å². The molecule has 8 nitrogen and oxygen atoms in total. The molecule has 1 aromatic heterocycles. The Morgan fingerprint density at radius 3 is 2.61 bits per heavy atom. The van der Waals surface area contributed by atoms with Gasteiger partial charge in [-0.15, -0.1) is 0 Å². The first-order chi connectivity index (χ1) is 15.5. The van der Waals surface area contributed by atoms with Crippen LogP contribution in [0.5, 0.6) is 11.5 Å². The number of nitrogens with one attached hydrogen (secondary N) is 1. The van der Waals surface area contributed by atoms with Gasteiger partial charge in [-0.3, -0.25) is 9.59 Å². The zero-order valence-corrected chi connectivity index (χ0v) is 19.2. The highest BCUT2D eigenvalue weighted by Crippen LogP contribution is 2.34. The molecule has 1 amide bonds. The average Bonchev–Trinajstić information content (AvgIpc) is 2.74. The molecule has 176 valence electrons. The molecule has 0 saturated heterocycles. The van der Waals surface area contributed by atoms with E-state index in [4.69, 9.17) is 14.2 Å². The minimum absolute atomic E-state index is 0.125. The highest BCUT2D eigenvalue weighted by atomic mass is 19.1. The maximum Gasteiger partial charge on any atom is 0.331 e. The Bertz CT molecular complexity index is 1080. The molecule has 3 rings (SSSR count). The maximum absolute atomic E-state index is 13.5. The minimum Gasteiger partial charge on any atom is -0.493 e. The Morgan fingerprint density at radius 1 is 1.21 bits per heavy atom. The number of amides is 1. The summed E-state index contributed by atoms with van der Waals surface area (Å²) in [6.07, 6.45) is 2.04. The maximum atomic E-state index is 13.5. The van der Waals surface area contributed by atoms with Crippen molar-refractivity contribution in [3.8, 4) is 11.5 Å². The third kappa shape index (κ3) is 5.30. The standard InChI is InChI=1S/C24H27FN2O6/c1-13-17-8-7-16(25)12-15(17)6-9-18(13)33-23(30)24(3,4)27-22(29)20-21(32-14(2)28)19(31-5)10-11-26-20/h7-8,10-13,18H,6,9H2,1-5H3,(H,27,29). The number of esters is 2. The van der Waals surface area contributed by atoms with Gasteiger partial charge in [-0.05, 0) is 49.9 Å². The molecule has 1 aliphatic rings. The summed E-state index contributed by atoms with van der Waals surface area (Å²) in [5.74, 6) is -2.42. The lowest BCUT2D eigenvalue weighted by molar-refractivity contribution is -0.157. The summed E-state index contributed by atoms with van der Waals surface area (Å²) >= 11 is 0. The van der Waals surface area contributed by atoms with E-state index in [1.54, 1.807) is 6.07 Å². The van der Waals surface area contributed by atoms with Gasteiger partial charge in [0.15, 0.2) is 11.4 Å². The van der Waals surface area contributed by atoms with Gasteiger partial charge in [0.1, 0.15) is 17.5 Å². The van der Waals surface area contributed by atoms with Crippen LogP contribution >= 0.6 is 0 Å². The second-order valence-electron chi connectivity index (χ2n) is 8.48. The third-order valence-corrected chi connectivity index (χ3v) is 5.60. The van der Waals surface area contributed by atoms with E-state index in [0.29, 0.717) is 12.8 Å². The summed E-state index contributed by atoms with van der Waals surface area (Å²) in [5, 5.41) is 2.60. The molecule has 0 radical (unpaired) electrons. The number of carbonyl (C=O) groups excluding carboxylic acids is 3. The summed E-state index contributed by atoms with van der Waals surface area (Å²) in [6.45, 7) is 6.13. The number of rotatable bonds is 6. The van der Waals surface area contributed by atoms with Gasteiger partial charge in [-0.1, -0.05) is 13.0 Å². The number of methoxy groups -OCH3 is 1. The first-order valence-corrected chi connectivity index (χ1v) is 10.6. The number of fused-ring (bicyclic) bond motifs is 1. The molecular formula is C24H27FN2O6. The third-order valence-electron chi connectivity index (χ3n) is 5.60. The summed E-state index contributed by atoms with van der Waals surface area (Å²) in [6, 6.07) is 6.07. The van der Waals surface area contributed by atoms with E-state index in [1.807, 2.05) is 6.92 Å². The van der Waals surface area contributed by atoms with Crippen molar-refractivity contribution in [2.24, 2.45) is 0 Å². The second-order valence-corrected chi connectivity index (χ2v) is 8.48. The highest BCUT2D eigenvalue weighted by Gasteiger charge is 2.37. The quantitative estimate of drug-likeness (QED) is 0.662. The van der Waals surface area contributed by atoms with Gasteiger partial charge in [0, 0.05) is 25.1 Å². The van der Waals surface area contributed by atoms with Gasteiger partial charge in [-0.2, -0.15) is 0 Å². The molecule has 0 bridgehead atoms. The largest absolute Gasteiger partial charge is 0.493 e. The normalized spacial score (nSPS) is 17.5. The lowest BCUT2D eigenvalue weighted by atomic mass is 9.81. The molecule has 2 atom stereocenters. The zero-order valence-electron chi connectivity index (χ0n) is 19.2. The molecule has 2 unspecified atom stereocenters. The predicted molar refractivity (Wildman–Crippen MR) is 117 cm³/mol. The van der Waals surface area contributed by atoms with Crippen molar-refractivity contribution >= 4 is 17.8 Å². The zero-order chi connectivity index (χ0) is 24.3. The molecule has 1 aromatic carbocycles. The van der Waals surface area contributed by atoms with Crippen LogP contribution in [0.15, 0.2) is 30.5 Å². The fourth-order valence-corrected chi connectivity index (χ4v) is 3.82. The number of pyridine rings is 1. The molecule has 0 spiro atoms. The van der Waals surface area contributed by atoms with Crippen LogP contribution in [-0.4, -0.2) is 41.6 Å². The van der Waals surface area contributed by atoms with Crippen molar-refractivity contribution in [1.29, 1.82) is 0 Å². The number of carbonyl (C=O) groups is 3. The minimum atomic E-state index is -1.40. The molecule has 0 fully saturated rings. The highest BCUT2D eigenvalue weighted by molar-refractivity contribution is 5.99. The molecule has 33 heavy (non-hydrogen) atoms. The number of hydrogen-bond donors (Lipinski definition) is 1. The Balaban J connectivity index is 1.74. The van der Waals surface area contributed by atoms with Crippen LogP contribution in [0.1, 0.15) is 61.6 Å². The molecule has 2 aromatic rings. The van der Waals surface area contributed by atoms with Crippen molar-refractivity contribution in [1.82, 2.24) is 10.3 Å². The Hall–Kier alpha value is -3.49. The fraction of sp³-hybridized carbons (Fsp3) is 0.417. The number of aromatic nitrogens is 1. The first kappa shape index (κ1) is 24.2. The fourth-order valence-electron chi connectivity index (χ4n) is 3.82. The van der Waals surface area contributed by atoms with Gasteiger partial charge < -0.3 is 19.5 Å². The van der Waals surface area contributed by atoms with Gasteiger partial charge >= 0.3 is 11.9 Å². The average molecular weight is 458 g/mol. The van der Waals surface area contributed by atoms with Crippen molar-refractivity contribution in [2.75, 3.05) is 7.11 Å². The van der Waals surface area contributed by atoms with Crippen LogP contribution in [0.2, 0.25) is 0 Å². The summed E-state index contributed by atoms with van der Waals surface area (Å²) in [4.78, 5) is 41.4. The van der Waals surface area contributed by atoms with E-state index in [0.717, 1.165) is 11.1 Å². The van der Waals surface area contributed by atoms with Crippen molar-refractivity contribution in [3.63, 3.8) is 0 Å². The van der Waals surface area contributed by atoms with Crippen LogP contribution in [0.25, 0.3) is 0 Å². The SMILES string of the molecule is COc1ccnc(C(=O)NC(C)(C)C(=O)OC2CCc3cc(F)ccc3C2C)c1OC(C)=O. The summed E-state index contributed by atoms with van der Waals surface area (Å²) < 4.78 is 29.5. The number of benzene rings is 1. The Labute approximate surface area is 191 Å². The van der Waals surface area contributed by atoms with Gasteiger partial charge in [-0.25, -0.2) is 14.2 Å². The van der Waals surface area contributed by atoms with E-state index >= 15 is 0 Å². The summed E-state index contributed by atoms with van der Waals surface area (Å²) in [5.41, 5.74) is 0.240. The van der Waals surface area contributed by atoms with Crippen LogP contribution < -0.4 is 14.8 Å². The van der Waals surface area contributed by atoms with Gasteiger partial charge in [0.2, 0.25) is 5.75 Å². The van der Waals surface area contributed by atoms with Crippen molar-refractivity contribution in [3.05, 3.63) is 53.1 Å². The van der Waals surface area contributed by atoms with Gasteiger partial charge in [0.25, 0.3) is 5.91 Å². The first-order valence-electron chi connectivity index (χ1n) is 10.6. The number of halogens is 1. The lowest BCUT2D eigenvalue weighted by Crippen LogP contribution is -2.52. The Kier molecular flexibility index (Phi) is 7.00. The topological polar surface area (TPSA) is 104 Å². The predicted octanol–water partition coefficient (Wildman–Crippen LogP) is 3.32. The molecule has 1 heterocycles.